The average Bonchev–Trinajstić information content (AvgIpc) is 3.20. The lowest BCUT2D eigenvalue weighted by Gasteiger charge is -2.22. The van der Waals surface area contributed by atoms with Gasteiger partial charge in [0, 0.05) is 24.4 Å². The molecule has 0 aromatic heterocycles. The van der Waals surface area contributed by atoms with Crippen molar-refractivity contribution in [3.63, 3.8) is 0 Å². The predicted octanol–water partition coefficient (Wildman–Crippen LogP) is 4.39. The molecule has 1 fully saturated rings. The Morgan fingerprint density at radius 3 is 2.37 bits per heavy atom. The van der Waals surface area contributed by atoms with E-state index in [9.17, 15) is 13.6 Å². The minimum atomic E-state index is -0.589. The second-order valence-electron chi connectivity index (χ2n) is 7.89. The zero-order chi connectivity index (χ0) is 19.7. The third-order valence-electron chi connectivity index (χ3n) is 5.75. The Kier molecular flexibility index (Phi) is 5.22. The van der Waals surface area contributed by atoms with Crippen LogP contribution in [0.25, 0.3) is 0 Å². The van der Waals surface area contributed by atoms with Crippen LogP contribution in [0.2, 0.25) is 0 Å². The lowest BCUT2D eigenvalue weighted by molar-refractivity contribution is -0.121. The first-order chi connectivity index (χ1) is 12.8. The monoisotopic (exact) mass is 373 g/mol. The molecule has 27 heavy (non-hydrogen) atoms. The van der Waals surface area contributed by atoms with Gasteiger partial charge in [-0.05, 0) is 47.6 Å². The summed E-state index contributed by atoms with van der Waals surface area (Å²) in [6, 6.07) is 11.3. The zero-order valence-corrected chi connectivity index (χ0v) is 15.9. The number of ether oxygens (including phenoxy) is 1. The van der Waals surface area contributed by atoms with Gasteiger partial charge in [0.15, 0.2) is 0 Å². The normalized spacial score (nSPS) is 20.2. The van der Waals surface area contributed by atoms with E-state index < -0.39 is 17.0 Å². The van der Waals surface area contributed by atoms with E-state index in [0.717, 1.165) is 23.8 Å². The van der Waals surface area contributed by atoms with Crippen molar-refractivity contribution >= 4 is 5.91 Å². The standard InChI is InChI=1S/C22H25F2NO2/c1-21(2)13-22(21,18-10-7-16(23)12-19(18)24)14-25-20(26)11-6-15-4-8-17(27-3)9-5-15/h4-5,7-10,12H,6,11,13-14H2,1-3H3,(H,25,26). The summed E-state index contributed by atoms with van der Waals surface area (Å²) in [6.07, 6.45) is 1.73. The first-order valence-electron chi connectivity index (χ1n) is 9.13. The average molecular weight is 373 g/mol. The Bertz CT molecular complexity index is 833. The number of carbonyl (C=O) groups excluding carboxylic acids is 1. The molecular weight excluding hydrogens is 348 g/mol. The first kappa shape index (κ1) is 19.3. The van der Waals surface area contributed by atoms with Gasteiger partial charge in [-0.3, -0.25) is 4.79 Å². The molecule has 144 valence electrons. The van der Waals surface area contributed by atoms with E-state index in [2.05, 4.69) is 5.32 Å². The van der Waals surface area contributed by atoms with Crippen LogP contribution < -0.4 is 10.1 Å². The van der Waals surface area contributed by atoms with Crippen molar-refractivity contribution in [2.75, 3.05) is 13.7 Å². The Morgan fingerprint density at radius 1 is 1.15 bits per heavy atom. The molecular formula is C22H25F2NO2. The minimum Gasteiger partial charge on any atom is -0.497 e. The maximum absolute atomic E-state index is 14.3. The number of aryl methyl sites for hydroxylation is 1. The smallest absolute Gasteiger partial charge is 0.220 e. The SMILES string of the molecule is COc1ccc(CCC(=O)NCC2(c3ccc(F)cc3F)CC2(C)C)cc1. The molecule has 1 aliphatic carbocycles. The summed E-state index contributed by atoms with van der Waals surface area (Å²) < 4.78 is 32.7. The Morgan fingerprint density at radius 2 is 1.81 bits per heavy atom. The number of nitrogens with one attached hydrogen (secondary N) is 1. The number of halogens is 2. The summed E-state index contributed by atoms with van der Waals surface area (Å²) in [5, 5.41) is 2.95. The van der Waals surface area contributed by atoms with Crippen molar-refractivity contribution in [2.24, 2.45) is 5.41 Å². The number of rotatable bonds is 7. The molecule has 3 nitrogen and oxygen atoms in total. The van der Waals surface area contributed by atoms with Crippen LogP contribution in [0.1, 0.15) is 37.8 Å². The number of carbonyl (C=O) groups is 1. The second kappa shape index (κ2) is 7.29. The molecule has 0 saturated heterocycles. The fourth-order valence-corrected chi connectivity index (χ4v) is 3.83. The van der Waals surface area contributed by atoms with E-state index in [0.29, 0.717) is 24.9 Å². The molecule has 1 atom stereocenters. The molecule has 1 amide bonds. The third kappa shape index (κ3) is 3.97. The molecule has 0 radical (unpaired) electrons. The van der Waals surface area contributed by atoms with Crippen LogP contribution in [0, 0.1) is 17.0 Å². The maximum atomic E-state index is 14.3. The summed E-state index contributed by atoms with van der Waals surface area (Å²) in [4.78, 5) is 12.3. The van der Waals surface area contributed by atoms with E-state index in [1.165, 1.54) is 12.1 Å². The number of methoxy groups -OCH3 is 1. The van der Waals surface area contributed by atoms with Gasteiger partial charge in [-0.15, -0.1) is 0 Å². The largest absolute Gasteiger partial charge is 0.497 e. The molecule has 0 heterocycles. The molecule has 0 spiro atoms. The maximum Gasteiger partial charge on any atom is 0.220 e. The van der Waals surface area contributed by atoms with Crippen LogP contribution in [0.5, 0.6) is 5.75 Å². The van der Waals surface area contributed by atoms with Gasteiger partial charge in [0.25, 0.3) is 0 Å². The topological polar surface area (TPSA) is 38.3 Å². The summed E-state index contributed by atoms with van der Waals surface area (Å²) in [7, 11) is 1.61. The number of benzene rings is 2. The third-order valence-corrected chi connectivity index (χ3v) is 5.75. The number of hydrogen-bond acceptors (Lipinski definition) is 2. The molecule has 1 unspecified atom stereocenters. The highest BCUT2D eigenvalue weighted by molar-refractivity contribution is 5.76. The van der Waals surface area contributed by atoms with Crippen molar-refractivity contribution in [2.45, 2.75) is 38.5 Å². The van der Waals surface area contributed by atoms with E-state index in [1.54, 1.807) is 7.11 Å². The Hall–Kier alpha value is -2.43. The molecule has 0 aliphatic heterocycles. The van der Waals surface area contributed by atoms with Gasteiger partial charge < -0.3 is 10.1 Å². The van der Waals surface area contributed by atoms with Crippen LogP contribution in [-0.4, -0.2) is 19.6 Å². The minimum absolute atomic E-state index is 0.0737. The number of amides is 1. The fraction of sp³-hybridized carbons (Fsp3) is 0.409. The van der Waals surface area contributed by atoms with Crippen LogP contribution in [0.15, 0.2) is 42.5 Å². The molecule has 0 bridgehead atoms. The van der Waals surface area contributed by atoms with Gasteiger partial charge in [0.2, 0.25) is 5.91 Å². The van der Waals surface area contributed by atoms with Crippen molar-refractivity contribution in [1.29, 1.82) is 0 Å². The van der Waals surface area contributed by atoms with Crippen molar-refractivity contribution < 1.29 is 18.3 Å². The molecule has 5 heteroatoms. The van der Waals surface area contributed by atoms with Crippen molar-refractivity contribution in [3.8, 4) is 5.75 Å². The summed E-state index contributed by atoms with van der Waals surface area (Å²) in [5.41, 5.74) is 0.900. The van der Waals surface area contributed by atoms with Gasteiger partial charge in [-0.25, -0.2) is 8.78 Å². The highest BCUT2D eigenvalue weighted by atomic mass is 19.1. The summed E-state index contributed by atoms with van der Waals surface area (Å²) in [6.45, 7) is 4.43. The molecule has 1 N–H and O–H groups in total. The van der Waals surface area contributed by atoms with Crippen LogP contribution in [0.3, 0.4) is 0 Å². The molecule has 1 saturated carbocycles. The van der Waals surface area contributed by atoms with Crippen molar-refractivity contribution in [1.82, 2.24) is 5.32 Å². The molecule has 3 rings (SSSR count). The highest BCUT2D eigenvalue weighted by Crippen LogP contribution is 2.64. The van der Waals surface area contributed by atoms with E-state index in [-0.39, 0.29) is 11.3 Å². The van der Waals surface area contributed by atoms with E-state index in [4.69, 9.17) is 4.74 Å². The summed E-state index contributed by atoms with van der Waals surface area (Å²) in [5.74, 6) is -0.431. The first-order valence-corrected chi connectivity index (χ1v) is 9.13. The second-order valence-corrected chi connectivity index (χ2v) is 7.89. The summed E-state index contributed by atoms with van der Waals surface area (Å²) >= 11 is 0. The van der Waals surface area contributed by atoms with Crippen LogP contribution in [0.4, 0.5) is 8.78 Å². The molecule has 2 aromatic rings. The van der Waals surface area contributed by atoms with Gasteiger partial charge in [0.05, 0.1) is 7.11 Å². The van der Waals surface area contributed by atoms with E-state index >= 15 is 0 Å². The predicted molar refractivity (Wildman–Crippen MR) is 101 cm³/mol. The van der Waals surface area contributed by atoms with Crippen molar-refractivity contribution in [3.05, 3.63) is 65.2 Å². The molecule has 1 aliphatic rings. The van der Waals surface area contributed by atoms with Gasteiger partial charge >= 0.3 is 0 Å². The molecule has 2 aromatic carbocycles. The fourth-order valence-electron chi connectivity index (χ4n) is 3.83. The Balaban J connectivity index is 1.60. The lowest BCUT2D eigenvalue weighted by atomic mass is 9.87. The lowest BCUT2D eigenvalue weighted by Crippen LogP contribution is -2.35. The van der Waals surface area contributed by atoms with Gasteiger partial charge in [0.1, 0.15) is 17.4 Å². The van der Waals surface area contributed by atoms with Gasteiger partial charge in [-0.2, -0.15) is 0 Å². The van der Waals surface area contributed by atoms with Gasteiger partial charge in [-0.1, -0.05) is 32.0 Å². The van der Waals surface area contributed by atoms with E-state index in [1.807, 2.05) is 38.1 Å². The van der Waals surface area contributed by atoms with Crippen LogP contribution >= 0.6 is 0 Å². The Labute approximate surface area is 158 Å². The quantitative estimate of drug-likeness (QED) is 0.782. The number of hydrogen-bond donors (Lipinski definition) is 1. The van der Waals surface area contributed by atoms with Crippen LogP contribution in [-0.2, 0) is 16.6 Å². The zero-order valence-electron chi connectivity index (χ0n) is 15.9. The highest BCUT2D eigenvalue weighted by Gasteiger charge is 2.62.